The minimum Gasteiger partial charge on any atom is -0.488 e. The van der Waals surface area contributed by atoms with Crippen LogP contribution in [-0.2, 0) is 16.2 Å². The van der Waals surface area contributed by atoms with Gasteiger partial charge in [0.2, 0.25) is 0 Å². The highest BCUT2D eigenvalue weighted by atomic mass is 35.5. The summed E-state index contributed by atoms with van der Waals surface area (Å²) in [5.41, 5.74) is 2.75. The highest BCUT2D eigenvalue weighted by Crippen LogP contribution is 2.46. The van der Waals surface area contributed by atoms with Crippen molar-refractivity contribution in [3.8, 4) is 28.4 Å². The Balaban J connectivity index is 1.84. The third kappa shape index (κ3) is 3.22. The lowest BCUT2D eigenvalue weighted by molar-refractivity contribution is -0.132. The lowest BCUT2D eigenvalue weighted by atomic mass is 9.93. The van der Waals surface area contributed by atoms with Crippen molar-refractivity contribution in [3.63, 3.8) is 0 Å². The molecule has 1 heterocycles. The molecule has 3 aromatic rings. The van der Waals surface area contributed by atoms with Gasteiger partial charge < -0.3 is 14.2 Å². The molecule has 0 amide bonds. The number of ether oxygens (including phenoxy) is 3. The molecule has 0 unspecified atom stereocenters. The predicted molar refractivity (Wildman–Crippen MR) is 101 cm³/mol. The molecule has 27 heavy (non-hydrogen) atoms. The third-order valence-electron chi connectivity index (χ3n) is 4.27. The van der Waals surface area contributed by atoms with Crippen LogP contribution in [0.3, 0.4) is 0 Å². The first-order chi connectivity index (χ1) is 12.9. The number of hydrogen-bond donors (Lipinski definition) is 0. The average molecular weight is 383 g/mol. The van der Waals surface area contributed by atoms with Gasteiger partial charge in [-0.3, -0.25) is 9.59 Å². The van der Waals surface area contributed by atoms with Crippen molar-refractivity contribution in [2.75, 3.05) is 0 Å². The summed E-state index contributed by atoms with van der Waals surface area (Å²) < 4.78 is 16.3. The monoisotopic (exact) mass is 382 g/mol. The van der Waals surface area contributed by atoms with Gasteiger partial charge in [-0.05, 0) is 42.0 Å². The minimum absolute atomic E-state index is 0.347. The largest absolute Gasteiger partial charge is 0.488 e. The maximum absolute atomic E-state index is 11.2. The number of carbonyl (C=O) groups excluding carboxylic acids is 2. The van der Waals surface area contributed by atoms with E-state index < -0.39 is 5.97 Å². The van der Waals surface area contributed by atoms with Crippen molar-refractivity contribution < 1.29 is 23.8 Å². The quantitative estimate of drug-likeness (QED) is 0.466. The van der Waals surface area contributed by atoms with Crippen molar-refractivity contribution in [2.24, 2.45) is 0 Å². The second-order valence-corrected chi connectivity index (χ2v) is 6.64. The molecule has 0 fully saturated rings. The number of carbonyl (C=O) groups is 2. The van der Waals surface area contributed by atoms with E-state index in [-0.39, 0.29) is 5.97 Å². The van der Waals surface area contributed by atoms with E-state index >= 15 is 0 Å². The van der Waals surface area contributed by atoms with Gasteiger partial charge in [-0.15, -0.1) is 0 Å². The molecular weight excluding hydrogens is 368 g/mol. The fraction of sp³-hybridized carbons (Fsp3) is 0.143. The molecule has 5 nitrogen and oxygen atoms in total. The molecule has 3 aromatic carbocycles. The first kappa shape index (κ1) is 17.4. The van der Waals surface area contributed by atoms with Crippen LogP contribution < -0.4 is 14.2 Å². The second kappa shape index (κ2) is 6.59. The lowest BCUT2D eigenvalue weighted by Gasteiger charge is -2.23. The van der Waals surface area contributed by atoms with Crippen molar-refractivity contribution in [2.45, 2.75) is 20.5 Å². The molecule has 1 aliphatic rings. The summed E-state index contributed by atoms with van der Waals surface area (Å²) in [5, 5.41) is 2.11. The van der Waals surface area contributed by atoms with E-state index in [2.05, 4.69) is 0 Å². The van der Waals surface area contributed by atoms with Crippen LogP contribution in [0.15, 0.2) is 42.5 Å². The number of esters is 2. The molecule has 0 spiro atoms. The van der Waals surface area contributed by atoms with Crippen LogP contribution in [0.4, 0.5) is 0 Å². The molecule has 1 aliphatic heterocycles. The molecule has 0 radical (unpaired) electrons. The van der Waals surface area contributed by atoms with Gasteiger partial charge in [-0.1, -0.05) is 17.7 Å². The third-order valence-corrected chi connectivity index (χ3v) is 4.58. The molecular formula is C21H15ClO5. The standard InChI is InChI=1S/C21H15ClO5/c1-11(23)26-14-3-5-16-13(7-14)10-25-21-17-6-4-15(27-12(2)24)8-18(17)20(22)9-19(16)21/h3-9H,10H2,1-2H3. The van der Waals surface area contributed by atoms with E-state index in [0.29, 0.717) is 23.1 Å². The summed E-state index contributed by atoms with van der Waals surface area (Å²) in [6.45, 7) is 3.06. The van der Waals surface area contributed by atoms with Gasteiger partial charge in [-0.25, -0.2) is 0 Å². The van der Waals surface area contributed by atoms with Crippen LogP contribution in [0.5, 0.6) is 17.2 Å². The second-order valence-electron chi connectivity index (χ2n) is 6.24. The molecule has 136 valence electrons. The Hall–Kier alpha value is -3.05. The van der Waals surface area contributed by atoms with E-state index in [1.54, 1.807) is 24.3 Å². The van der Waals surface area contributed by atoms with E-state index in [4.69, 9.17) is 25.8 Å². The van der Waals surface area contributed by atoms with Crippen LogP contribution in [0.2, 0.25) is 5.02 Å². The highest BCUT2D eigenvalue weighted by Gasteiger charge is 2.22. The van der Waals surface area contributed by atoms with Crippen LogP contribution in [0, 0.1) is 0 Å². The van der Waals surface area contributed by atoms with Crippen LogP contribution >= 0.6 is 11.6 Å². The number of hydrogen-bond acceptors (Lipinski definition) is 5. The smallest absolute Gasteiger partial charge is 0.308 e. The van der Waals surface area contributed by atoms with Gasteiger partial charge in [0.1, 0.15) is 23.9 Å². The predicted octanol–water partition coefficient (Wildman–Crippen LogP) is 4.90. The Kier molecular flexibility index (Phi) is 4.24. The summed E-state index contributed by atoms with van der Waals surface area (Å²) in [6, 6.07) is 12.5. The molecule has 0 saturated heterocycles. The van der Waals surface area contributed by atoms with Crippen LogP contribution in [0.25, 0.3) is 21.9 Å². The SMILES string of the molecule is CC(=O)Oc1ccc2c(c1)COc1c-2cc(Cl)c2cc(OC(C)=O)ccc12. The Morgan fingerprint density at radius 2 is 1.56 bits per heavy atom. The van der Waals surface area contributed by atoms with Gasteiger partial charge in [0.05, 0.1) is 0 Å². The average Bonchev–Trinajstić information content (AvgIpc) is 2.60. The molecule has 0 atom stereocenters. The number of benzene rings is 3. The van der Waals surface area contributed by atoms with Gasteiger partial charge in [0.25, 0.3) is 0 Å². The minimum atomic E-state index is -0.391. The summed E-state index contributed by atoms with van der Waals surface area (Å²) in [5.74, 6) is 0.865. The first-order valence-electron chi connectivity index (χ1n) is 8.31. The fourth-order valence-corrected chi connectivity index (χ4v) is 3.52. The molecule has 4 rings (SSSR count). The molecule has 0 N–H and O–H groups in total. The topological polar surface area (TPSA) is 61.8 Å². The van der Waals surface area contributed by atoms with Crippen molar-refractivity contribution in [3.05, 3.63) is 53.1 Å². The maximum Gasteiger partial charge on any atom is 0.308 e. The Labute approximate surface area is 160 Å². The lowest BCUT2D eigenvalue weighted by Crippen LogP contribution is -2.08. The summed E-state index contributed by atoms with van der Waals surface area (Å²) in [6.07, 6.45) is 0. The molecule has 0 bridgehead atoms. The van der Waals surface area contributed by atoms with Gasteiger partial charge in [-0.2, -0.15) is 0 Å². The van der Waals surface area contributed by atoms with E-state index in [1.807, 2.05) is 18.2 Å². The fourth-order valence-electron chi connectivity index (χ4n) is 3.25. The van der Waals surface area contributed by atoms with E-state index in [1.165, 1.54) is 13.8 Å². The zero-order valence-corrected chi connectivity index (χ0v) is 15.4. The number of fused-ring (bicyclic) bond motifs is 5. The Morgan fingerprint density at radius 3 is 2.26 bits per heavy atom. The number of rotatable bonds is 2. The van der Waals surface area contributed by atoms with Gasteiger partial charge >= 0.3 is 11.9 Å². The zero-order valence-electron chi connectivity index (χ0n) is 14.7. The normalized spacial score (nSPS) is 12.0. The molecule has 0 aromatic heterocycles. The van der Waals surface area contributed by atoms with E-state index in [9.17, 15) is 9.59 Å². The van der Waals surface area contributed by atoms with Crippen LogP contribution in [-0.4, -0.2) is 11.9 Å². The zero-order chi connectivity index (χ0) is 19.1. The Morgan fingerprint density at radius 1 is 0.889 bits per heavy atom. The first-order valence-corrected chi connectivity index (χ1v) is 8.69. The summed E-state index contributed by atoms with van der Waals surface area (Å²) in [4.78, 5) is 22.4. The van der Waals surface area contributed by atoms with E-state index in [0.717, 1.165) is 33.2 Å². The number of halogens is 1. The summed E-state index contributed by atoms with van der Waals surface area (Å²) in [7, 11) is 0. The van der Waals surface area contributed by atoms with Gasteiger partial charge in [0, 0.05) is 40.8 Å². The molecule has 0 aliphatic carbocycles. The molecule has 6 heteroatoms. The maximum atomic E-state index is 11.2. The van der Waals surface area contributed by atoms with Crippen molar-refractivity contribution in [1.29, 1.82) is 0 Å². The van der Waals surface area contributed by atoms with Crippen molar-refractivity contribution >= 4 is 34.3 Å². The molecule has 0 saturated carbocycles. The highest BCUT2D eigenvalue weighted by molar-refractivity contribution is 6.36. The Bertz CT molecular complexity index is 1100. The van der Waals surface area contributed by atoms with Gasteiger partial charge in [0.15, 0.2) is 0 Å². The van der Waals surface area contributed by atoms with Crippen LogP contribution in [0.1, 0.15) is 19.4 Å². The van der Waals surface area contributed by atoms with Crippen molar-refractivity contribution in [1.82, 2.24) is 0 Å². The summed E-state index contributed by atoms with van der Waals surface area (Å²) >= 11 is 6.50.